The van der Waals surface area contributed by atoms with Crippen molar-refractivity contribution < 1.29 is 5.11 Å². The van der Waals surface area contributed by atoms with E-state index in [0.29, 0.717) is 13.7 Å². The Morgan fingerprint density at radius 1 is 0.488 bits per heavy atom. The third-order valence-corrected chi connectivity index (χ3v) is 11.7. The Morgan fingerprint density at radius 3 is 1.15 bits per heavy atom. The summed E-state index contributed by atoms with van der Waals surface area (Å²) in [5.74, 6) is 0.511. The highest BCUT2D eigenvalue weighted by Crippen LogP contribution is 2.41. The highest BCUT2D eigenvalue weighted by molar-refractivity contribution is 7.57. The molecule has 0 spiro atoms. The van der Waals surface area contributed by atoms with Crippen LogP contribution in [0.15, 0.2) is 12.1 Å². The molecule has 0 heterocycles. The number of aryl methyl sites for hydroxylation is 1. The molecule has 1 N–H and O–H groups in total. The molecule has 0 aromatic heterocycles. The van der Waals surface area contributed by atoms with E-state index in [1.165, 1.54) is 128 Å². The monoisotopic (exact) mass is 589 g/mol. The first-order chi connectivity index (χ1) is 19.5. The van der Waals surface area contributed by atoms with Crippen molar-refractivity contribution in [3.05, 3.63) is 28.8 Å². The number of benzene rings is 1. The first kappa shape index (κ1) is 38.5. The van der Waals surface area contributed by atoms with Crippen LogP contribution in [0.3, 0.4) is 0 Å². The molecule has 1 nitrogen and oxygen atoms in total. The molecule has 0 saturated carbocycles. The van der Waals surface area contributed by atoms with Gasteiger partial charge in [-0.1, -0.05) is 164 Å². The molecule has 0 aliphatic heterocycles. The van der Waals surface area contributed by atoms with Gasteiger partial charge in [0.15, 0.2) is 0 Å². The van der Waals surface area contributed by atoms with E-state index in [1.807, 2.05) is 0 Å². The maximum Gasteiger partial charge on any atom is 0.123 e. The second kappa shape index (κ2) is 22.0. The van der Waals surface area contributed by atoms with Gasteiger partial charge in [-0.05, 0) is 78.1 Å². The van der Waals surface area contributed by atoms with E-state index in [-0.39, 0.29) is 10.8 Å². The van der Waals surface area contributed by atoms with Crippen molar-refractivity contribution in [2.45, 2.75) is 195 Å². The highest BCUT2D eigenvalue weighted by Gasteiger charge is 2.26. The molecule has 1 aromatic carbocycles. The molecule has 0 saturated heterocycles. The third-order valence-electron chi connectivity index (χ3n) is 8.88. The smallest absolute Gasteiger partial charge is 0.123 e. The van der Waals surface area contributed by atoms with Crippen molar-refractivity contribution in [3.63, 3.8) is 0 Å². The first-order valence-electron chi connectivity index (χ1n) is 18.1. The Labute approximate surface area is 260 Å². The molecule has 2 heteroatoms. The molecule has 0 amide bonds. The van der Waals surface area contributed by atoms with Gasteiger partial charge in [-0.3, -0.25) is 0 Å². The Morgan fingerprint density at radius 2 is 0.805 bits per heavy atom. The van der Waals surface area contributed by atoms with Gasteiger partial charge in [-0.2, -0.15) is 0 Å². The molecule has 1 rings (SSSR count). The number of unbranched alkanes of at least 4 members (excludes halogenated alkanes) is 16. The Balaban J connectivity index is 2.34. The topological polar surface area (TPSA) is 20.2 Å². The van der Waals surface area contributed by atoms with Crippen molar-refractivity contribution >= 4 is 7.92 Å². The van der Waals surface area contributed by atoms with Crippen molar-refractivity contribution in [1.82, 2.24) is 0 Å². The van der Waals surface area contributed by atoms with E-state index in [2.05, 4.69) is 67.5 Å². The zero-order valence-corrected chi connectivity index (χ0v) is 30.2. The van der Waals surface area contributed by atoms with Gasteiger partial charge in [0.1, 0.15) is 5.75 Å². The average molecular weight is 589 g/mol. The predicted molar refractivity (Wildman–Crippen MR) is 190 cm³/mol. The Kier molecular flexibility index (Phi) is 20.7. The van der Waals surface area contributed by atoms with E-state index >= 15 is 0 Å². The largest absolute Gasteiger partial charge is 0.507 e. The van der Waals surface area contributed by atoms with E-state index in [1.54, 1.807) is 18.5 Å². The molecule has 0 atom stereocenters. The van der Waals surface area contributed by atoms with E-state index in [9.17, 15) is 5.11 Å². The van der Waals surface area contributed by atoms with Crippen LogP contribution in [0.4, 0.5) is 0 Å². The fourth-order valence-corrected chi connectivity index (χ4v) is 8.78. The number of rotatable bonds is 24. The number of hydrogen-bond donors (Lipinski definition) is 1. The fraction of sp³-hybridized carbons (Fsp3) is 0.846. The quantitative estimate of drug-likeness (QED) is 0.0940. The summed E-state index contributed by atoms with van der Waals surface area (Å²) in [4.78, 5) is 0. The molecule has 0 fully saturated rings. The summed E-state index contributed by atoms with van der Waals surface area (Å²) in [6.45, 7) is 17.9. The molecule has 0 radical (unpaired) electrons. The minimum atomic E-state index is -0.0380. The number of aromatic hydroxyl groups is 1. The highest BCUT2D eigenvalue weighted by atomic mass is 31.1. The summed E-state index contributed by atoms with van der Waals surface area (Å²) in [5.41, 5.74) is 3.54. The molecular weight excluding hydrogens is 515 g/mol. The van der Waals surface area contributed by atoms with Crippen LogP contribution in [0.5, 0.6) is 5.75 Å². The van der Waals surface area contributed by atoms with Gasteiger partial charge in [-0.15, -0.1) is 7.92 Å². The standard InChI is InChI=1S/C39H73OP/c1-9-11-13-15-21-25-29-41(30-26-22-16-14-12-10-2)31-27-23-19-17-18-20-24-28-34-32-35(38(3,4)5)37(40)36(33-34)39(6,7)8/h32-33,40H,9-31H2,1-8H3. The van der Waals surface area contributed by atoms with Gasteiger partial charge in [0.05, 0.1) is 0 Å². The van der Waals surface area contributed by atoms with Crippen LogP contribution in [0, 0.1) is 0 Å². The van der Waals surface area contributed by atoms with Gasteiger partial charge < -0.3 is 5.11 Å². The van der Waals surface area contributed by atoms with Crippen LogP contribution in [0.2, 0.25) is 0 Å². The van der Waals surface area contributed by atoms with Crippen LogP contribution in [-0.2, 0) is 17.3 Å². The summed E-state index contributed by atoms with van der Waals surface area (Å²) in [6, 6.07) is 4.55. The second-order valence-electron chi connectivity index (χ2n) is 15.1. The first-order valence-corrected chi connectivity index (χ1v) is 20.0. The SMILES string of the molecule is CCCCCCCCP(CCCCCCCC)CCCCCCCCCc1cc(C(C)(C)C)c(O)c(C(C)(C)C)c1. The molecule has 1 aromatic rings. The summed E-state index contributed by atoms with van der Waals surface area (Å²) < 4.78 is 0. The van der Waals surface area contributed by atoms with Crippen molar-refractivity contribution in [3.8, 4) is 5.75 Å². The summed E-state index contributed by atoms with van der Waals surface area (Å²) in [5, 5.41) is 11.0. The summed E-state index contributed by atoms with van der Waals surface area (Å²) in [6.07, 6.45) is 32.9. The number of hydrogen-bond acceptors (Lipinski definition) is 1. The van der Waals surface area contributed by atoms with Crippen molar-refractivity contribution in [1.29, 1.82) is 0 Å². The third kappa shape index (κ3) is 18.0. The normalized spacial score (nSPS) is 12.5. The van der Waals surface area contributed by atoms with E-state index in [0.717, 1.165) is 17.5 Å². The lowest BCUT2D eigenvalue weighted by atomic mass is 9.78. The van der Waals surface area contributed by atoms with Gasteiger partial charge in [-0.25, -0.2) is 0 Å². The van der Waals surface area contributed by atoms with Gasteiger partial charge in [0.25, 0.3) is 0 Å². The number of phenols is 1. The van der Waals surface area contributed by atoms with Crippen molar-refractivity contribution in [2.75, 3.05) is 18.5 Å². The van der Waals surface area contributed by atoms with Gasteiger partial charge in [0, 0.05) is 0 Å². The Bertz CT molecular complexity index is 718. The second-order valence-corrected chi connectivity index (χ2v) is 17.8. The van der Waals surface area contributed by atoms with Crippen LogP contribution in [0.1, 0.15) is 194 Å². The van der Waals surface area contributed by atoms with Crippen LogP contribution in [-0.4, -0.2) is 23.6 Å². The lowest BCUT2D eigenvalue weighted by molar-refractivity contribution is 0.422. The molecule has 0 aliphatic rings. The Hall–Kier alpha value is -0.550. The average Bonchev–Trinajstić information content (AvgIpc) is 2.90. The zero-order valence-electron chi connectivity index (χ0n) is 29.3. The van der Waals surface area contributed by atoms with Gasteiger partial charge >= 0.3 is 0 Å². The fourth-order valence-electron chi connectivity index (χ4n) is 6.10. The zero-order chi connectivity index (χ0) is 30.6. The van der Waals surface area contributed by atoms with E-state index < -0.39 is 0 Å². The predicted octanol–water partition coefficient (Wildman–Crippen LogP) is 13.5. The van der Waals surface area contributed by atoms with Crippen molar-refractivity contribution in [2.24, 2.45) is 0 Å². The molecular formula is C39H73OP. The van der Waals surface area contributed by atoms with E-state index in [4.69, 9.17) is 0 Å². The van der Waals surface area contributed by atoms with Crippen LogP contribution >= 0.6 is 7.92 Å². The molecule has 41 heavy (non-hydrogen) atoms. The van der Waals surface area contributed by atoms with Crippen LogP contribution < -0.4 is 0 Å². The minimum Gasteiger partial charge on any atom is -0.507 e. The van der Waals surface area contributed by atoms with Crippen LogP contribution in [0.25, 0.3) is 0 Å². The maximum atomic E-state index is 11.0. The summed E-state index contributed by atoms with van der Waals surface area (Å²) >= 11 is 0. The molecule has 240 valence electrons. The molecule has 0 unspecified atom stereocenters. The number of phenolic OH excluding ortho intramolecular Hbond substituents is 1. The lowest BCUT2D eigenvalue weighted by Crippen LogP contribution is -2.18. The minimum absolute atomic E-state index is 0.0380. The summed E-state index contributed by atoms with van der Waals surface area (Å²) in [7, 11) is 0.292. The molecule has 0 bridgehead atoms. The lowest BCUT2D eigenvalue weighted by Gasteiger charge is -2.28. The molecule has 0 aliphatic carbocycles. The maximum absolute atomic E-state index is 11.0. The van der Waals surface area contributed by atoms with Gasteiger partial charge in [0.2, 0.25) is 0 Å².